The normalized spacial score (nSPS) is 12.5. The van der Waals surface area contributed by atoms with Gasteiger partial charge >= 0.3 is 0 Å². The number of aliphatic hydroxyl groups is 1. The molecule has 4 rings (SSSR count). The van der Waals surface area contributed by atoms with Gasteiger partial charge in [0.25, 0.3) is 0 Å². The molecule has 4 aromatic rings. The van der Waals surface area contributed by atoms with E-state index >= 15 is 0 Å². The van der Waals surface area contributed by atoms with Crippen molar-refractivity contribution in [1.29, 1.82) is 0 Å². The molecule has 6 heteroatoms. The van der Waals surface area contributed by atoms with E-state index in [0.29, 0.717) is 12.2 Å². The van der Waals surface area contributed by atoms with Crippen LogP contribution in [0.5, 0.6) is 0 Å². The highest BCUT2D eigenvalue weighted by Crippen LogP contribution is 2.36. The van der Waals surface area contributed by atoms with Crippen LogP contribution in [0.4, 0.5) is 0 Å². The van der Waals surface area contributed by atoms with Gasteiger partial charge in [-0.2, -0.15) is 0 Å². The number of benzene rings is 2. The number of aliphatic hydroxyl groups excluding tert-OH is 1. The van der Waals surface area contributed by atoms with Gasteiger partial charge in [-0.15, -0.1) is 0 Å². The summed E-state index contributed by atoms with van der Waals surface area (Å²) in [7, 11) is 0. The van der Waals surface area contributed by atoms with Crippen LogP contribution >= 0.6 is 0 Å². The zero-order valence-corrected chi connectivity index (χ0v) is 15.7. The highest BCUT2D eigenvalue weighted by atomic mass is 16.6. The number of hydrogen-bond acceptors (Lipinski definition) is 4. The predicted molar refractivity (Wildman–Crippen MR) is 109 cm³/mol. The number of carbonyl (C=O) groups excluding carboxylic acids is 1. The zero-order valence-electron chi connectivity index (χ0n) is 15.7. The molecule has 2 heterocycles. The van der Waals surface area contributed by atoms with Crippen molar-refractivity contribution in [1.82, 2.24) is 9.97 Å². The molecule has 0 saturated heterocycles. The van der Waals surface area contributed by atoms with Crippen LogP contribution in [0.25, 0.3) is 33.1 Å². The van der Waals surface area contributed by atoms with Crippen LogP contribution in [0.1, 0.15) is 28.4 Å². The molecular weight excluding hydrogens is 354 g/mol. The fraction of sp³-hybridized carbons (Fsp3) is 0.182. The van der Waals surface area contributed by atoms with Crippen molar-refractivity contribution in [2.75, 3.05) is 0 Å². The van der Waals surface area contributed by atoms with Crippen molar-refractivity contribution in [3.05, 3.63) is 65.4 Å². The molecule has 0 aliphatic carbocycles. The van der Waals surface area contributed by atoms with E-state index in [-0.39, 0.29) is 0 Å². The molecule has 1 unspecified atom stereocenters. The average Bonchev–Trinajstić information content (AvgIpc) is 3.03. The molecule has 4 N–H and O–H groups in total. The monoisotopic (exact) mass is 375 g/mol. The summed E-state index contributed by atoms with van der Waals surface area (Å²) in [5.41, 5.74) is 11.4. The van der Waals surface area contributed by atoms with Gasteiger partial charge in [-0.05, 0) is 60.4 Å². The Bertz CT molecular complexity index is 1190. The first-order valence-corrected chi connectivity index (χ1v) is 9.03. The van der Waals surface area contributed by atoms with Gasteiger partial charge in [0.1, 0.15) is 5.65 Å². The number of carbonyl (C=O) groups is 1. The third kappa shape index (κ3) is 3.35. The van der Waals surface area contributed by atoms with Crippen molar-refractivity contribution in [2.45, 2.75) is 26.7 Å². The van der Waals surface area contributed by atoms with Crippen LogP contribution in [0.2, 0.25) is 0 Å². The Labute approximate surface area is 162 Å². The highest BCUT2D eigenvalue weighted by molar-refractivity contribution is 6.15. The Hall–Kier alpha value is -3.22. The van der Waals surface area contributed by atoms with Crippen LogP contribution in [-0.2, 0) is 11.3 Å². The molecular formula is C22H21N3O3. The van der Waals surface area contributed by atoms with Crippen LogP contribution in [-0.4, -0.2) is 27.3 Å². The van der Waals surface area contributed by atoms with Crippen molar-refractivity contribution >= 4 is 27.8 Å². The Balaban J connectivity index is 1.96. The van der Waals surface area contributed by atoms with Gasteiger partial charge in [-0.25, -0.2) is 4.98 Å². The van der Waals surface area contributed by atoms with E-state index < -0.39 is 12.2 Å². The number of aromatic nitrogens is 2. The number of aromatic amines is 1. The number of pyridine rings is 1. The highest BCUT2D eigenvalue weighted by Gasteiger charge is 2.15. The van der Waals surface area contributed by atoms with Gasteiger partial charge in [0.2, 0.25) is 5.91 Å². The molecule has 2 aromatic carbocycles. The van der Waals surface area contributed by atoms with Crippen LogP contribution in [0, 0.1) is 6.92 Å². The molecule has 0 saturated carbocycles. The van der Waals surface area contributed by atoms with E-state index in [2.05, 4.69) is 16.0 Å². The van der Waals surface area contributed by atoms with Gasteiger partial charge in [0.15, 0.2) is 6.29 Å². The lowest BCUT2D eigenvalue weighted by Gasteiger charge is -2.11. The third-order valence-corrected chi connectivity index (χ3v) is 4.70. The molecule has 28 heavy (non-hydrogen) atoms. The first kappa shape index (κ1) is 18.2. The topological polar surface area (TPSA) is 101 Å². The van der Waals surface area contributed by atoms with Gasteiger partial charge < -0.3 is 20.6 Å². The number of nitrogens with zero attached hydrogens (tertiary/aromatic N) is 1. The summed E-state index contributed by atoms with van der Waals surface area (Å²) in [6.07, 6.45) is 0.969. The minimum Gasteiger partial charge on any atom is -0.368 e. The summed E-state index contributed by atoms with van der Waals surface area (Å²) in [5.74, 6) is -0.487. The molecule has 6 nitrogen and oxygen atoms in total. The van der Waals surface area contributed by atoms with E-state index in [9.17, 15) is 9.90 Å². The van der Waals surface area contributed by atoms with Crippen molar-refractivity contribution in [2.24, 2.45) is 5.73 Å². The van der Waals surface area contributed by atoms with E-state index in [1.54, 1.807) is 19.2 Å². The van der Waals surface area contributed by atoms with Gasteiger partial charge in [-0.1, -0.05) is 18.2 Å². The molecule has 142 valence electrons. The molecule has 0 bridgehead atoms. The number of aryl methyl sites for hydroxylation is 1. The maximum absolute atomic E-state index is 11.9. The van der Waals surface area contributed by atoms with Crippen LogP contribution < -0.4 is 5.73 Å². The molecule has 1 amide bonds. The summed E-state index contributed by atoms with van der Waals surface area (Å²) >= 11 is 0. The zero-order chi connectivity index (χ0) is 19.8. The fourth-order valence-electron chi connectivity index (χ4n) is 3.43. The predicted octanol–water partition coefficient (Wildman–Crippen LogP) is 3.65. The third-order valence-electron chi connectivity index (χ3n) is 4.70. The molecule has 0 aliphatic heterocycles. The first-order chi connectivity index (χ1) is 13.4. The number of primary amides is 1. The SMILES string of the molecule is Cc1cnc2[nH]c3cc(C(N)=O)cc(-c4cccc(COC(C)O)c4)c3c2c1. The standard InChI is InChI=1S/C22H21N3O3/c1-12-6-18-20-17(15-5-3-4-14(7-15)11-28-13(2)26)8-16(21(23)27)9-19(20)25-22(18)24-10-12/h3-10,13,26H,11H2,1-2H3,(H2,23,27)(H,24,25). The number of nitrogens with two attached hydrogens (primary N) is 1. The summed E-state index contributed by atoms with van der Waals surface area (Å²) in [5, 5.41) is 11.4. The Morgan fingerprint density at radius 3 is 2.86 bits per heavy atom. The number of fused-ring (bicyclic) bond motifs is 3. The maximum atomic E-state index is 11.9. The summed E-state index contributed by atoms with van der Waals surface area (Å²) in [6, 6.07) is 13.5. The summed E-state index contributed by atoms with van der Waals surface area (Å²) in [4.78, 5) is 19.6. The lowest BCUT2D eigenvalue weighted by Crippen LogP contribution is -2.11. The Morgan fingerprint density at radius 1 is 1.29 bits per heavy atom. The van der Waals surface area contributed by atoms with Gasteiger partial charge in [0.05, 0.1) is 6.61 Å². The lowest BCUT2D eigenvalue weighted by atomic mass is 9.96. The molecule has 0 aliphatic rings. The second-order valence-corrected chi connectivity index (χ2v) is 6.96. The van der Waals surface area contributed by atoms with Crippen LogP contribution in [0.15, 0.2) is 48.7 Å². The van der Waals surface area contributed by atoms with Crippen LogP contribution in [0.3, 0.4) is 0 Å². The smallest absolute Gasteiger partial charge is 0.248 e. The molecule has 2 aromatic heterocycles. The van der Waals surface area contributed by atoms with E-state index in [4.69, 9.17) is 10.5 Å². The van der Waals surface area contributed by atoms with E-state index in [0.717, 1.165) is 44.2 Å². The number of H-pyrrole nitrogens is 1. The van der Waals surface area contributed by atoms with E-state index in [1.165, 1.54) is 0 Å². The molecule has 0 fully saturated rings. The van der Waals surface area contributed by atoms with Gasteiger partial charge in [0, 0.05) is 28.0 Å². The average molecular weight is 375 g/mol. The second kappa shape index (κ2) is 7.07. The number of rotatable bonds is 5. The number of ether oxygens (including phenoxy) is 1. The van der Waals surface area contributed by atoms with Gasteiger partial charge in [-0.3, -0.25) is 4.79 Å². The van der Waals surface area contributed by atoms with Crippen molar-refractivity contribution in [3.63, 3.8) is 0 Å². The number of amides is 1. The maximum Gasteiger partial charge on any atom is 0.248 e. The molecule has 0 spiro atoms. The summed E-state index contributed by atoms with van der Waals surface area (Å²) in [6.45, 7) is 3.86. The van der Waals surface area contributed by atoms with Crippen molar-refractivity contribution < 1.29 is 14.6 Å². The fourth-order valence-corrected chi connectivity index (χ4v) is 3.43. The Kier molecular flexibility index (Phi) is 4.58. The summed E-state index contributed by atoms with van der Waals surface area (Å²) < 4.78 is 5.30. The lowest BCUT2D eigenvalue weighted by molar-refractivity contribution is -0.0939. The van der Waals surface area contributed by atoms with Crippen molar-refractivity contribution in [3.8, 4) is 11.1 Å². The Morgan fingerprint density at radius 2 is 2.11 bits per heavy atom. The second-order valence-electron chi connectivity index (χ2n) is 6.96. The molecule has 0 radical (unpaired) electrons. The first-order valence-electron chi connectivity index (χ1n) is 9.03. The van der Waals surface area contributed by atoms with E-state index in [1.807, 2.05) is 37.3 Å². The number of hydrogen-bond donors (Lipinski definition) is 3. The largest absolute Gasteiger partial charge is 0.368 e. The quantitative estimate of drug-likeness (QED) is 0.464. The number of nitrogens with one attached hydrogen (secondary N) is 1. The minimum atomic E-state index is -0.837. The molecule has 1 atom stereocenters. The minimum absolute atomic E-state index is 0.290.